The summed E-state index contributed by atoms with van der Waals surface area (Å²) in [4.78, 5) is 42.3. The summed E-state index contributed by atoms with van der Waals surface area (Å²) in [5.41, 5.74) is -1.41. The zero-order valence-electron chi connectivity index (χ0n) is 22.6. The van der Waals surface area contributed by atoms with E-state index in [2.05, 4.69) is 15.6 Å². The molecule has 0 unspecified atom stereocenters. The van der Waals surface area contributed by atoms with E-state index in [9.17, 15) is 23.2 Å². The molecule has 9 nitrogen and oxygen atoms in total. The lowest BCUT2D eigenvalue weighted by Crippen LogP contribution is -2.48. The molecule has 1 aliphatic rings. The molecular formula is C26H36F2N4O5. The standard InChI is InChI=1S/C26H36F2N4O5/c1-15(2)29-21(33)18-10-9-17(19(27)20(18)28)16-11-13-32(14-12-16)22(30-23(34)36-25(3,4)5)31-24(35)37-26(6,7)8/h9-11,15H,12-14H2,1-8H3,(H,29,33)(H,30,31,34,35). The maximum absolute atomic E-state index is 14.9. The summed E-state index contributed by atoms with van der Waals surface area (Å²) in [5, 5.41) is 5.02. The molecule has 0 fully saturated rings. The summed E-state index contributed by atoms with van der Waals surface area (Å²) in [6, 6.07) is 2.38. The number of amides is 3. The Bertz CT molecular complexity index is 1100. The van der Waals surface area contributed by atoms with E-state index in [1.54, 1.807) is 66.4 Å². The van der Waals surface area contributed by atoms with Gasteiger partial charge in [-0.3, -0.25) is 10.1 Å². The Labute approximate surface area is 216 Å². The fourth-order valence-electron chi connectivity index (χ4n) is 3.36. The van der Waals surface area contributed by atoms with Crippen LogP contribution in [0.4, 0.5) is 18.4 Å². The minimum absolute atomic E-state index is 0.0315. The van der Waals surface area contributed by atoms with E-state index in [4.69, 9.17) is 9.47 Å². The number of nitrogens with one attached hydrogen (secondary N) is 2. The van der Waals surface area contributed by atoms with Crippen LogP contribution in [0, 0.1) is 11.6 Å². The Balaban J connectivity index is 2.28. The number of aliphatic imine (C=N–C) groups is 1. The fourth-order valence-corrected chi connectivity index (χ4v) is 3.36. The normalized spacial score (nSPS) is 14.7. The van der Waals surface area contributed by atoms with Crippen LogP contribution in [-0.2, 0) is 9.47 Å². The summed E-state index contributed by atoms with van der Waals surface area (Å²) >= 11 is 0. The first-order chi connectivity index (χ1) is 17.0. The maximum atomic E-state index is 14.9. The highest BCUT2D eigenvalue weighted by atomic mass is 19.2. The molecule has 0 saturated heterocycles. The minimum Gasteiger partial charge on any atom is -0.444 e. The predicted octanol–water partition coefficient (Wildman–Crippen LogP) is 5.01. The Kier molecular flexibility index (Phi) is 9.40. The summed E-state index contributed by atoms with van der Waals surface area (Å²) in [5.74, 6) is -3.13. The van der Waals surface area contributed by atoms with E-state index in [0.29, 0.717) is 5.57 Å². The van der Waals surface area contributed by atoms with Gasteiger partial charge in [-0.15, -0.1) is 4.99 Å². The van der Waals surface area contributed by atoms with Crippen molar-refractivity contribution in [1.82, 2.24) is 15.5 Å². The van der Waals surface area contributed by atoms with Gasteiger partial charge in [-0.2, -0.15) is 0 Å². The molecule has 11 heteroatoms. The van der Waals surface area contributed by atoms with Gasteiger partial charge in [-0.05, 0) is 73.5 Å². The lowest BCUT2D eigenvalue weighted by Gasteiger charge is -2.30. The molecule has 0 atom stereocenters. The molecule has 0 radical (unpaired) electrons. The molecular weight excluding hydrogens is 486 g/mol. The number of alkyl carbamates (subject to hydrolysis) is 1. The molecule has 0 aliphatic carbocycles. The number of nitrogens with zero attached hydrogens (tertiary/aromatic N) is 2. The number of carbonyl (C=O) groups is 3. The Morgan fingerprint density at radius 2 is 1.62 bits per heavy atom. The molecule has 204 valence electrons. The first-order valence-electron chi connectivity index (χ1n) is 12.0. The van der Waals surface area contributed by atoms with Crippen LogP contribution in [0.25, 0.3) is 5.57 Å². The predicted molar refractivity (Wildman–Crippen MR) is 136 cm³/mol. The van der Waals surface area contributed by atoms with Crippen LogP contribution in [0.5, 0.6) is 0 Å². The molecule has 2 rings (SSSR count). The summed E-state index contributed by atoms with van der Waals surface area (Å²) in [7, 11) is 0. The second-order valence-corrected chi connectivity index (χ2v) is 10.9. The lowest BCUT2D eigenvalue weighted by atomic mass is 9.97. The highest BCUT2D eigenvalue weighted by Crippen LogP contribution is 2.28. The molecule has 1 heterocycles. The fraction of sp³-hybridized carbons (Fsp3) is 0.538. The van der Waals surface area contributed by atoms with Gasteiger partial charge in [0.1, 0.15) is 11.2 Å². The van der Waals surface area contributed by atoms with Crippen LogP contribution in [0.2, 0.25) is 0 Å². The number of guanidine groups is 1. The SMILES string of the molecule is CC(C)NC(=O)c1ccc(C2=CCN(/C(=N\C(=O)OC(C)(C)C)NC(=O)OC(C)(C)C)CC2)c(F)c1F. The van der Waals surface area contributed by atoms with E-state index >= 15 is 0 Å². The molecule has 0 spiro atoms. The molecule has 0 bridgehead atoms. The van der Waals surface area contributed by atoms with Gasteiger partial charge in [0.15, 0.2) is 11.6 Å². The highest BCUT2D eigenvalue weighted by Gasteiger charge is 2.26. The molecule has 0 saturated carbocycles. The molecule has 2 N–H and O–H groups in total. The molecule has 0 aromatic heterocycles. The van der Waals surface area contributed by atoms with Crippen molar-refractivity contribution in [2.24, 2.45) is 4.99 Å². The second-order valence-electron chi connectivity index (χ2n) is 10.9. The summed E-state index contributed by atoms with van der Waals surface area (Å²) in [6.45, 7) is 13.9. The van der Waals surface area contributed by atoms with Gasteiger partial charge < -0.3 is 19.7 Å². The van der Waals surface area contributed by atoms with Crippen LogP contribution in [0.1, 0.15) is 77.7 Å². The van der Waals surface area contributed by atoms with Crippen molar-refractivity contribution < 1.29 is 32.6 Å². The zero-order chi connectivity index (χ0) is 28.1. The van der Waals surface area contributed by atoms with Crippen LogP contribution < -0.4 is 10.6 Å². The van der Waals surface area contributed by atoms with E-state index in [1.165, 1.54) is 12.1 Å². The zero-order valence-corrected chi connectivity index (χ0v) is 22.6. The van der Waals surface area contributed by atoms with Gasteiger partial charge in [0.05, 0.1) is 5.56 Å². The van der Waals surface area contributed by atoms with Gasteiger partial charge >= 0.3 is 12.2 Å². The third-order valence-electron chi connectivity index (χ3n) is 4.80. The molecule has 1 aliphatic heterocycles. The summed E-state index contributed by atoms with van der Waals surface area (Å²) < 4.78 is 40.1. The maximum Gasteiger partial charge on any atom is 0.437 e. The smallest absolute Gasteiger partial charge is 0.437 e. The quantitative estimate of drug-likeness (QED) is 0.427. The van der Waals surface area contributed by atoms with Crippen molar-refractivity contribution in [2.45, 2.75) is 79.1 Å². The van der Waals surface area contributed by atoms with E-state index in [0.717, 1.165) is 0 Å². The van der Waals surface area contributed by atoms with Crippen molar-refractivity contribution in [3.05, 3.63) is 41.0 Å². The first kappa shape index (κ1) is 29.7. The number of hydrogen-bond acceptors (Lipinski definition) is 5. The van der Waals surface area contributed by atoms with Gasteiger partial charge in [-0.1, -0.05) is 12.1 Å². The van der Waals surface area contributed by atoms with Gasteiger partial charge in [0, 0.05) is 24.7 Å². The topological polar surface area (TPSA) is 109 Å². The van der Waals surface area contributed by atoms with E-state index in [1.807, 2.05) is 0 Å². The van der Waals surface area contributed by atoms with Crippen LogP contribution >= 0.6 is 0 Å². The van der Waals surface area contributed by atoms with Crippen LogP contribution in [-0.4, -0.2) is 59.3 Å². The molecule has 3 amide bonds. The van der Waals surface area contributed by atoms with Crippen LogP contribution in [0.3, 0.4) is 0 Å². The van der Waals surface area contributed by atoms with Crippen LogP contribution in [0.15, 0.2) is 23.2 Å². The van der Waals surface area contributed by atoms with Crippen molar-refractivity contribution >= 4 is 29.6 Å². The number of benzene rings is 1. The number of rotatable bonds is 3. The Morgan fingerprint density at radius 1 is 1.00 bits per heavy atom. The highest BCUT2D eigenvalue weighted by molar-refractivity contribution is 5.99. The van der Waals surface area contributed by atoms with Gasteiger partial charge in [0.25, 0.3) is 5.91 Å². The average Bonchev–Trinajstić information content (AvgIpc) is 2.72. The second kappa shape index (κ2) is 11.7. The molecule has 1 aromatic rings. The number of carbonyl (C=O) groups excluding carboxylic acids is 3. The summed E-state index contributed by atoms with van der Waals surface area (Å²) in [6.07, 6.45) is 0.165. The molecule has 1 aromatic carbocycles. The largest absolute Gasteiger partial charge is 0.444 e. The monoisotopic (exact) mass is 522 g/mol. The third-order valence-corrected chi connectivity index (χ3v) is 4.80. The number of hydrogen-bond donors (Lipinski definition) is 2. The van der Waals surface area contributed by atoms with Gasteiger partial charge in [-0.25, -0.2) is 18.4 Å². The first-order valence-corrected chi connectivity index (χ1v) is 12.0. The van der Waals surface area contributed by atoms with E-state index in [-0.39, 0.29) is 42.6 Å². The third kappa shape index (κ3) is 9.14. The average molecular weight is 523 g/mol. The number of halogens is 2. The Hall–Kier alpha value is -3.50. The van der Waals surface area contributed by atoms with Crippen molar-refractivity contribution in [1.29, 1.82) is 0 Å². The van der Waals surface area contributed by atoms with Gasteiger partial charge in [0.2, 0.25) is 5.96 Å². The van der Waals surface area contributed by atoms with E-state index < -0.39 is 40.9 Å². The van der Waals surface area contributed by atoms with Crippen molar-refractivity contribution in [3.63, 3.8) is 0 Å². The van der Waals surface area contributed by atoms with Crippen molar-refractivity contribution in [3.8, 4) is 0 Å². The van der Waals surface area contributed by atoms with Crippen molar-refractivity contribution in [2.75, 3.05) is 13.1 Å². The number of ether oxygens (including phenoxy) is 2. The lowest BCUT2D eigenvalue weighted by molar-refractivity contribution is 0.0554. The molecule has 37 heavy (non-hydrogen) atoms. The minimum atomic E-state index is -1.22. The Morgan fingerprint density at radius 3 is 2.14 bits per heavy atom.